The highest BCUT2D eigenvalue weighted by Gasteiger charge is 2.25. The van der Waals surface area contributed by atoms with E-state index < -0.39 is 6.10 Å². The Morgan fingerprint density at radius 3 is 2.50 bits per heavy atom. The van der Waals surface area contributed by atoms with Gasteiger partial charge in [-0.25, -0.2) is 0 Å². The van der Waals surface area contributed by atoms with E-state index in [-0.39, 0.29) is 10.6 Å². The Bertz CT molecular complexity index is 446. The zero-order valence-electron chi connectivity index (χ0n) is 12.5. The molecule has 1 atom stereocenters. The van der Waals surface area contributed by atoms with E-state index in [9.17, 15) is 15.2 Å². The minimum atomic E-state index is -0.676. The lowest BCUT2D eigenvalue weighted by molar-refractivity contribution is -0.383. The molecule has 1 unspecified atom stereocenters. The third-order valence-electron chi connectivity index (χ3n) is 2.92. The monoisotopic (exact) mass is 301 g/mol. The summed E-state index contributed by atoms with van der Waals surface area (Å²) in [7, 11) is 3.96. The van der Waals surface area contributed by atoms with Crippen molar-refractivity contribution in [3.05, 3.63) is 21.1 Å². The Morgan fingerprint density at radius 1 is 1.40 bits per heavy atom. The average Bonchev–Trinajstić information content (AvgIpc) is 2.79. The van der Waals surface area contributed by atoms with Gasteiger partial charge in [0.1, 0.15) is 0 Å². The topological polar surface area (TPSA) is 69.8 Å². The molecule has 0 aliphatic rings. The first-order chi connectivity index (χ1) is 9.36. The van der Waals surface area contributed by atoms with E-state index in [4.69, 9.17) is 0 Å². The van der Waals surface area contributed by atoms with Crippen molar-refractivity contribution in [2.45, 2.75) is 26.4 Å². The molecule has 1 aromatic heterocycles. The fourth-order valence-corrected chi connectivity index (χ4v) is 2.97. The van der Waals surface area contributed by atoms with Crippen molar-refractivity contribution in [1.82, 2.24) is 4.90 Å². The smallest absolute Gasteiger partial charge is 0.304 e. The van der Waals surface area contributed by atoms with Crippen LogP contribution in [0.1, 0.15) is 31.2 Å². The molecule has 1 heterocycles. The van der Waals surface area contributed by atoms with Crippen LogP contribution in [-0.2, 0) is 0 Å². The molecule has 1 rings (SSSR count). The Hall–Kier alpha value is -1.18. The van der Waals surface area contributed by atoms with Gasteiger partial charge in [0, 0.05) is 30.6 Å². The molecule has 0 aromatic carbocycles. The summed E-state index contributed by atoms with van der Waals surface area (Å²) in [6.45, 7) is 6.02. The fraction of sp³-hybridized carbons (Fsp3) is 0.692. The van der Waals surface area contributed by atoms with E-state index in [0.29, 0.717) is 9.88 Å². The predicted octanol–water partition coefficient (Wildman–Crippen LogP) is 2.49. The summed E-state index contributed by atoms with van der Waals surface area (Å²) >= 11 is 1.31. The number of rotatable bonds is 8. The van der Waals surface area contributed by atoms with Gasteiger partial charge in [-0.2, -0.15) is 0 Å². The minimum Gasteiger partial charge on any atom is -0.388 e. The number of aliphatic hydroxyl groups excluding tert-OH is 1. The zero-order chi connectivity index (χ0) is 15.3. The molecule has 0 radical (unpaired) electrons. The van der Waals surface area contributed by atoms with Gasteiger partial charge >= 0.3 is 5.69 Å². The molecule has 6 nitrogen and oxygen atoms in total. The van der Waals surface area contributed by atoms with Gasteiger partial charge in [-0.1, -0.05) is 6.92 Å². The highest BCUT2D eigenvalue weighted by Crippen LogP contribution is 2.40. The first-order valence-corrected chi connectivity index (χ1v) is 7.54. The van der Waals surface area contributed by atoms with Crippen LogP contribution in [0.25, 0.3) is 0 Å². The quantitative estimate of drug-likeness (QED) is 0.590. The van der Waals surface area contributed by atoms with E-state index in [2.05, 4.69) is 11.8 Å². The van der Waals surface area contributed by atoms with Gasteiger partial charge in [-0.15, -0.1) is 11.3 Å². The van der Waals surface area contributed by atoms with Crippen molar-refractivity contribution >= 4 is 22.0 Å². The largest absolute Gasteiger partial charge is 0.388 e. The molecule has 0 amide bonds. The fourth-order valence-electron chi connectivity index (χ4n) is 1.86. The van der Waals surface area contributed by atoms with Gasteiger partial charge < -0.3 is 14.9 Å². The summed E-state index contributed by atoms with van der Waals surface area (Å²) < 4.78 is 0. The highest BCUT2D eigenvalue weighted by molar-refractivity contribution is 7.16. The summed E-state index contributed by atoms with van der Waals surface area (Å²) in [6.07, 6.45) is 0.247. The lowest BCUT2D eigenvalue weighted by Crippen LogP contribution is -2.32. The second kappa shape index (κ2) is 7.56. The summed E-state index contributed by atoms with van der Waals surface area (Å²) in [6, 6.07) is 1.49. The maximum Gasteiger partial charge on any atom is 0.304 e. The molecule has 1 aromatic rings. The molecule has 1 N–H and O–H groups in total. The van der Waals surface area contributed by atoms with Crippen molar-refractivity contribution in [3.63, 3.8) is 0 Å². The molecule has 0 fully saturated rings. The Morgan fingerprint density at radius 2 is 2.05 bits per heavy atom. The summed E-state index contributed by atoms with van der Waals surface area (Å²) in [4.78, 5) is 15.6. The Balaban J connectivity index is 3.06. The minimum absolute atomic E-state index is 0.0955. The molecular formula is C13H23N3O3S. The lowest BCUT2D eigenvalue weighted by Gasteiger charge is -2.23. The van der Waals surface area contributed by atoms with Crippen LogP contribution in [-0.4, -0.2) is 48.7 Å². The third kappa shape index (κ3) is 4.43. The maximum atomic E-state index is 11.2. The second-order valence-electron chi connectivity index (χ2n) is 5.06. The van der Waals surface area contributed by atoms with E-state index >= 15 is 0 Å². The SMILES string of the molecule is CCCN(CCN(C)C)c1sc(C(C)O)cc1[N+](=O)[O-]. The van der Waals surface area contributed by atoms with Gasteiger partial charge in [-0.05, 0) is 27.4 Å². The molecular weight excluding hydrogens is 278 g/mol. The van der Waals surface area contributed by atoms with Crippen LogP contribution >= 0.6 is 11.3 Å². The lowest BCUT2D eigenvalue weighted by atomic mass is 10.3. The summed E-state index contributed by atoms with van der Waals surface area (Å²) in [5.74, 6) is 0. The molecule has 0 aliphatic carbocycles. The van der Waals surface area contributed by atoms with Crippen LogP contribution in [0.15, 0.2) is 6.07 Å². The maximum absolute atomic E-state index is 11.2. The number of likely N-dealkylation sites (N-methyl/N-ethyl adjacent to an activating group) is 1. The number of hydrogen-bond donors (Lipinski definition) is 1. The third-order valence-corrected chi connectivity index (χ3v) is 4.27. The molecule has 0 saturated carbocycles. The second-order valence-corrected chi connectivity index (χ2v) is 6.12. The first-order valence-electron chi connectivity index (χ1n) is 6.72. The van der Waals surface area contributed by atoms with Crippen LogP contribution in [0.2, 0.25) is 0 Å². The number of nitro groups is 1. The van der Waals surface area contributed by atoms with E-state index in [0.717, 1.165) is 26.1 Å². The first kappa shape index (κ1) is 16.9. The standard InChI is InChI=1S/C13H23N3O3S/c1-5-6-15(8-7-14(3)4)13-11(16(18)19)9-12(20-13)10(2)17/h9-10,17H,5-8H2,1-4H3. The van der Waals surface area contributed by atoms with Crippen LogP contribution in [0.5, 0.6) is 0 Å². The molecule has 0 aliphatic heterocycles. The normalized spacial score (nSPS) is 12.7. The average molecular weight is 301 g/mol. The van der Waals surface area contributed by atoms with Crippen LogP contribution in [0.4, 0.5) is 10.7 Å². The van der Waals surface area contributed by atoms with Gasteiger partial charge in [0.15, 0.2) is 5.00 Å². The molecule has 114 valence electrons. The molecule has 20 heavy (non-hydrogen) atoms. The van der Waals surface area contributed by atoms with Crippen molar-refractivity contribution in [2.24, 2.45) is 0 Å². The predicted molar refractivity (Wildman–Crippen MR) is 82.7 cm³/mol. The van der Waals surface area contributed by atoms with Crippen molar-refractivity contribution in [1.29, 1.82) is 0 Å². The number of thiophene rings is 1. The Kier molecular flexibility index (Phi) is 6.38. The van der Waals surface area contributed by atoms with E-state index in [1.54, 1.807) is 6.92 Å². The number of nitrogens with zero attached hydrogens (tertiary/aromatic N) is 3. The van der Waals surface area contributed by atoms with E-state index in [1.807, 2.05) is 19.0 Å². The number of aliphatic hydroxyl groups is 1. The number of anilines is 1. The van der Waals surface area contributed by atoms with Gasteiger partial charge in [0.05, 0.1) is 11.0 Å². The van der Waals surface area contributed by atoms with Crippen molar-refractivity contribution in [3.8, 4) is 0 Å². The molecule has 0 saturated heterocycles. The van der Waals surface area contributed by atoms with E-state index in [1.165, 1.54) is 17.4 Å². The summed E-state index contributed by atoms with van der Waals surface area (Å²) in [5.41, 5.74) is 0.0955. The number of hydrogen-bond acceptors (Lipinski definition) is 6. The molecule has 0 bridgehead atoms. The van der Waals surface area contributed by atoms with Gasteiger partial charge in [0.25, 0.3) is 0 Å². The van der Waals surface area contributed by atoms with Crippen LogP contribution < -0.4 is 4.90 Å². The van der Waals surface area contributed by atoms with Gasteiger partial charge in [-0.3, -0.25) is 10.1 Å². The molecule has 7 heteroatoms. The van der Waals surface area contributed by atoms with Gasteiger partial charge in [0.2, 0.25) is 0 Å². The zero-order valence-corrected chi connectivity index (χ0v) is 13.3. The van der Waals surface area contributed by atoms with Crippen LogP contribution in [0, 0.1) is 10.1 Å². The molecule has 0 spiro atoms. The summed E-state index contributed by atoms with van der Waals surface area (Å²) in [5, 5.41) is 21.5. The van der Waals surface area contributed by atoms with Crippen molar-refractivity contribution in [2.75, 3.05) is 38.6 Å². The van der Waals surface area contributed by atoms with Crippen molar-refractivity contribution < 1.29 is 10.0 Å². The highest BCUT2D eigenvalue weighted by atomic mass is 32.1. The Labute approximate surface area is 123 Å². The van der Waals surface area contributed by atoms with Crippen LogP contribution in [0.3, 0.4) is 0 Å².